The molecule has 1 heterocycles. The van der Waals surface area contributed by atoms with Gasteiger partial charge in [-0.1, -0.05) is 42.3 Å². The number of carbonyl (C=O) groups is 1. The van der Waals surface area contributed by atoms with Crippen LogP contribution in [-0.2, 0) is 13.0 Å². The van der Waals surface area contributed by atoms with Gasteiger partial charge >= 0.3 is 0 Å². The van der Waals surface area contributed by atoms with E-state index in [0.717, 1.165) is 12.0 Å². The standard InChI is InChI=1S/C14H14Cl2N2O/c1-2-6-18-14(12(16)9-17-18)13(19)8-10-4-3-5-11(15)7-10/h3-5,7,9H,2,6,8H2,1H3. The number of aromatic nitrogens is 2. The van der Waals surface area contributed by atoms with Crippen LogP contribution in [0.2, 0.25) is 10.0 Å². The topological polar surface area (TPSA) is 34.9 Å². The predicted molar refractivity (Wildman–Crippen MR) is 77.0 cm³/mol. The molecule has 1 aromatic carbocycles. The second-order valence-electron chi connectivity index (χ2n) is 4.29. The monoisotopic (exact) mass is 296 g/mol. The van der Waals surface area contributed by atoms with Gasteiger partial charge in [0.25, 0.3) is 0 Å². The number of hydrogen-bond donors (Lipinski definition) is 0. The van der Waals surface area contributed by atoms with Gasteiger partial charge in [0, 0.05) is 18.0 Å². The lowest BCUT2D eigenvalue weighted by atomic mass is 10.1. The summed E-state index contributed by atoms with van der Waals surface area (Å²) in [5.41, 5.74) is 1.35. The van der Waals surface area contributed by atoms with Crippen molar-refractivity contribution >= 4 is 29.0 Å². The lowest BCUT2D eigenvalue weighted by Crippen LogP contribution is -2.13. The molecule has 2 aromatic rings. The van der Waals surface area contributed by atoms with Gasteiger partial charge in [0.15, 0.2) is 5.78 Å². The Labute approximate surface area is 122 Å². The molecule has 0 aliphatic heterocycles. The molecule has 0 radical (unpaired) electrons. The molecule has 0 aliphatic carbocycles. The van der Waals surface area contributed by atoms with E-state index in [1.807, 2.05) is 19.1 Å². The van der Waals surface area contributed by atoms with E-state index in [9.17, 15) is 4.79 Å². The molecule has 1 aromatic heterocycles. The number of Topliss-reactive ketones (excluding diaryl/α,β-unsaturated/α-hetero) is 1. The Balaban J connectivity index is 2.22. The molecule has 0 saturated carbocycles. The molecule has 19 heavy (non-hydrogen) atoms. The van der Waals surface area contributed by atoms with Crippen molar-refractivity contribution in [1.82, 2.24) is 9.78 Å². The van der Waals surface area contributed by atoms with Crippen molar-refractivity contribution in [2.75, 3.05) is 0 Å². The molecular weight excluding hydrogens is 283 g/mol. The summed E-state index contributed by atoms with van der Waals surface area (Å²) in [6, 6.07) is 7.27. The highest BCUT2D eigenvalue weighted by Gasteiger charge is 2.17. The highest BCUT2D eigenvalue weighted by atomic mass is 35.5. The number of halogens is 2. The van der Waals surface area contributed by atoms with E-state index in [0.29, 0.717) is 22.3 Å². The van der Waals surface area contributed by atoms with Crippen LogP contribution in [0.4, 0.5) is 0 Å². The Morgan fingerprint density at radius 3 is 2.84 bits per heavy atom. The quantitative estimate of drug-likeness (QED) is 0.781. The van der Waals surface area contributed by atoms with Gasteiger partial charge in [-0.05, 0) is 24.1 Å². The van der Waals surface area contributed by atoms with E-state index < -0.39 is 0 Å². The average Bonchev–Trinajstić information content (AvgIpc) is 2.71. The first-order valence-electron chi connectivity index (χ1n) is 6.10. The van der Waals surface area contributed by atoms with Crippen molar-refractivity contribution in [1.29, 1.82) is 0 Å². The molecule has 0 amide bonds. The van der Waals surface area contributed by atoms with Crippen LogP contribution in [0.5, 0.6) is 0 Å². The Kier molecular flexibility index (Phi) is 4.61. The fourth-order valence-electron chi connectivity index (χ4n) is 1.94. The largest absolute Gasteiger partial charge is 0.292 e. The van der Waals surface area contributed by atoms with Crippen molar-refractivity contribution in [3.63, 3.8) is 0 Å². The molecule has 0 bridgehead atoms. The van der Waals surface area contributed by atoms with E-state index in [4.69, 9.17) is 23.2 Å². The number of carbonyl (C=O) groups excluding carboxylic acids is 1. The lowest BCUT2D eigenvalue weighted by Gasteiger charge is -2.06. The van der Waals surface area contributed by atoms with Gasteiger partial charge in [-0.15, -0.1) is 0 Å². The van der Waals surface area contributed by atoms with Crippen LogP contribution in [0.15, 0.2) is 30.5 Å². The van der Waals surface area contributed by atoms with Crippen molar-refractivity contribution in [3.05, 3.63) is 51.8 Å². The fourth-order valence-corrected chi connectivity index (χ4v) is 2.40. The minimum absolute atomic E-state index is 0.0433. The summed E-state index contributed by atoms with van der Waals surface area (Å²) >= 11 is 12.0. The van der Waals surface area contributed by atoms with E-state index >= 15 is 0 Å². The van der Waals surface area contributed by atoms with Crippen LogP contribution in [0.25, 0.3) is 0 Å². The second kappa shape index (κ2) is 6.22. The number of hydrogen-bond acceptors (Lipinski definition) is 2. The summed E-state index contributed by atoms with van der Waals surface area (Å²) in [5.74, 6) is -0.0433. The van der Waals surface area contributed by atoms with Crippen molar-refractivity contribution < 1.29 is 4.79 Å². The zero-order chi connectivity index (χ0) is 13.8. The SMILES string of the molecule is CCCn1ncc(Cl)c1C(=O)Cc1cccc(Cl)c1. The van der Waals surface area contributed by atoms with E-state index in [1.165, 1.54) is 6.20 Å². The van der Waals surface area contributed by atoms with Crippen molar-refractivity contribution in [3.8, 4) is 0 Å². The van der Waals surface area contributed by atoms with Crippen LogP contribution in [-0.4, -0.2) is 15.6 Å². The third-order valence-corrected chi connectivity index (χ3v) is 3.26. The summed E-state index contributed by atoms with van der Waals surface area (Å²) in [6.07, 6.45) is 2.69. The van der Waals surface area contributed by atoms with Gasteiger partial charge < -0.3 is 0 Å². The highest BCUT2D eigenvalue weighted by Crippen LogP contribution is 2.19. The first-order valence-corrected chi connectivity index (χ1v) is 6.86. The molecule has 0 saturated heterocycles. The molecule has 0 fully saturated rings. The molecule has 2 rings (SSSR count). The van der Waals surface area contributed by atoms with Gasteiger partial charge in [-0.3, -0.25) is 9.48 Å². The van der Waals surface area contributed by atoms with Crippen molar-refractivity contribution in [2.24, 2.45) is 0 Å². The Bertz CT molecular complexity index is 593. The maximum atomic E-state index is 12.3. The van der Waals surface area contributed by atoms with Crippen LogP contribution in [0, 0.1) is 0 Å². The number of ketones is 1. The van der Waals surface area contributed by atoms with Gasteiger partial charge in [-0.25, -0.2) is 0 Å². The molecule has 0 unspecified atom stereocenters. The number of nitrogens with zero attached hydrogens (tertiary/aromatic N) is 2. The van der Waals surface area contributed by atoms with Gasteiger partial charge in [-0.2, -0.15) is 5.10 Å². The Morgan fingerprint density at radius 1 is 1.37 bits per heavy atom. The minimum atomic E-state index is -0.0433. The van der Waals surface area contributed by atoms with E-state index in [-0.39, 0.29) is 12.2 Å². The maximum absolute atomic E-state index is 12.3. The van der Waals surface area contributed by atoms with Crippen LogP contribution in [0.1, 0.15) is 29.4 Å². The Hall–Kier alpha value is -1.32. The van der Waals surface area contributed by atoms with E-state index in [2.05, 4.69) is 5.10 Å². The summed E-state index contributed by atoms with van der Waals surface area (Å²) in [7, 11) is 0. The molecule has 0 aliphatic rings. The predicted octanol–water partition coefficient (Wildman–Crippen LogP) is 4.03. The lowest BCUT2D eigenvalue weighted by molar-refractivity contribution is 0.0982. The molecule has 0 N–H and O–H groups in total. The average molecular weight is 297 g/mol. The van der Waals surface area contributed by atoms with Crippen LogP contribution >= 0.6 is 23.2 Å². The summed E-state index contributed by atoms with van der Waals surface area (Å²) in [6.45, 7) is 2.71. The maximum Gasteiger partial charge on any atom is 0.186 e. The first-order chi connectivity index (χ1) is 9.11. The third-order valence-electron chi connectivity index (χ3n) is 2.75. The third kappa shape index (κ3) is 3.37. The van der Waals surface area contributed by atoms with Gasteiger partial charge in [0.05, 0.1) is 11.2 Å². The summed E-state index contributed by atoms with van der Waals surface area (Å²) < 4.78 is 1.66. The summed E-state index contributed by atoms with van der Waals surface area (Å²) in [5, 5.41) is 5.15. The smallest absolute Gasteiger partial charge is 0.186 e. The summed E-state index contributed by atoms with van der Waals surface area (Å²) in [4.78, 5) is 12.3. The van der Waals surface area contributed by atoms with Crippen molar-refractivity contribution in [2.45, 2.75) is 26.3 Å². The zero-order valence-corrected chi connectivity index (χ0v) is 12.1. The number of benzene rings is 1. The van der Waals surface area contributed by atoms with E-state index in [1.54, 1.807) is 16.8 Å². The Morgan fingerprint density at radius 2 is 2.16 bits per heavy atom. The molecular formula is C14H14Cl2N2O. The molecule has 5 heteroatoms. The van der Waals surface area contributed by atoms with Crippen LogP contribution in [0.3, 0.4) is 0 Å². The first kappa shape index (κ1) is 14.1. The molecule has 3 nitrogen and oxygen atoms in total. The molecule has 0 spiro atoms. The highest BCUT2D eigenvalue weighted by molar-refractivity contribution is 6.33. The van der Waals surface area contributed by atoms with Crippen LogP contribution < -0.4 is 0 Å². The normalized spacial score (nSPS) is 10.7. The zero-order valence-electron chi connectivity index (χ0n) is 10.6. The minimum Gasteiger partial charge on any atom is -0.292 e. The van der Waals surface area contributed by atoms with Gasteiger partial charge in [0.1, 0.15) is 5.69 Å². The second-order valence-corrected chi connectivity index (χ2v) is 5.14. The fraction of sp³-hybridized carbons (Fsp3) is 0.286. The number of aryl methyl sites for hydroxylation is 1. The van der Waals surface area contributed by atoms with Gasteiger partial charge in [0.2, 0.25) is 0 Å². The number of rotatable bonds is 5. The molecule has 0 atom stereocenters. The molecule has 100 valence electrons.